The number of piperidine rings is 1. The van der Waals surface area contributed by atoms with Gasteiger partial charge in [-0.2, -0.15) is 0 Å². The molecule has 4 rings (SSSR count). The van der Waals surface area contributed by atoms with Crippen LogP contribution in [0.2, 0.25) is 10.0 Å². The maximum absolute atomic E-state index is 6.55. The third kappa shape index (κ3) is 3.61. The summed E-state index contributed by atoms with van der Waals surface area (Å²) in [7, 11) is 3.50. The SMILES string of the molecule is COCC(COC)N1CC2CCN(c3ccc(Cl)cc3Cl)C3N=C(C)NC1C23. The molecule has 3 aliphatic heterocycles. The zero-order valence-corrected chi connectivity index (χ0v) is 18.1. The Morgan fingerprint density at radius 3 is 2.68 bits per heavy atom. The molecule has 154 valence electrons. The number of methoxy groups -OCH3 is 2. The first-order valence-corrected chi connectivity index (χ1v) is 10.5. The Morgan fingerprint density at radius 1 is 1.25 bits per heavy atom. The summed E-state index contributed by atoms with van der Waals surface area (Å²) in [5.74, 6) is 1.93. The second-order valence-electron chi connectivity index (χ2n) is 7.89. The van der Waals surface area contributed by atoms with Crippen LogP contribution < -0.4 is 10.2 Å². The monoisotopic (exact) mass is 426 g/mol. The van der Waals surface area contributed by atoms with E-state index in [1.54, 1.807) is 14.2 Å². The standard InChI is InChI=1S/C20H28Cl2N4O2/c1-12-23-19-18-13(6-7-25(19)17-5-4-14(21)8-16(17)22)9-26(20(18)24-12)15(10-27-2)11-28-3/h4-5,8,13,15,18-20H,6-7,9-11H2,1-3H3,(H,23,24). The van der Waals surface area contributed by atoms with E-state index in [0.29, 0.717) is 35.1 Å². The van der Waals surface area contributed by atoms with E-state index in [2.05, 4.69) is 15.1 Å². The van der Waals surface area contributed by atoms with Crippen LogP contribution in [0, 0.1) is 11.8 Å². The Labute approximate surface area is 176 Å². The first kappa shape index (κ1) is 20.2. The van der Waals surface area contributed by atoms with Gasteiger partial charge in [0.25, 0.3) is 0 Å². The molecule has 0 radical (unpaired) electrons. The Morgan fingerprint density at radius 2 is 2.00 bits per heavy atom. The summed E-state index contributed by atoms with van der Waals surface area (Å²) in [6, 6.07) is 5.95. The molecule has 0 amide bonds. The minimum atomic E-state index is 0.0689. The molecule has 4 unspecified atom stereocenters. The van der Waals surface area contributed by atoms with Crippen molar-refractivity contribution in [2.24, 2.45) is 16.8 Å². The number of likely N-dealkylation sites (tertiary alicyclic amines) is 1. The summed E-state index contributed by atoms with van der Waals surface area (Å²) in [5.41, 5.74) is 1.01. The fraction of sp³-hybridized carbons (Fsp3) is 0.650. The zero-order valence-electron chi connectivity index (χ0n) is 16.6. The van der Waals surface area contributed by atoms with E-state index in [1.807, 2.05) is 25.1 Å². The average molecular weight is 427 g/mol. The minimum absolute atomic E-state index is 0.0689. The number of hydrogen-bond acceptors (Lipinski definition) is 6. The maximum Gasteiger partial charge on any atom is 0.129 e. The number of aliphatic imine (C=N–C) groups is 1. The summed E-state index contributed by atoms with van der Waals surface area (Å²) in [4.78, 5) is 9.87. The number of hydrogen-bond donors (Lipinski definition) is 1. The van der Waals surface area contributed by atoms with Crippen LogP contribution in [0.3, 0.4) is 0 Å². The third-order valence-corrected chi connectivity index (χ3v) is 6.74. The van der Waals surface area contributed by atoms with Gasteiger partial charge < -0.3 is 19.7 Å². The fourth-order valence-electron chi connectivity index (χ4n) is 5.08. The highest BCUT2D eigenvalue weighted by Gasteiger charge is 2.53. The van der Waals surface area contributed by atoms with E-state index in [4.69, 9.17) is 37.7 Å². The normalized spacial score (nSPS) is 29.6. The van der Waals surface area contributed by atoms with Gasteiger partial charge in [-0.05, 0) is 37.5 Å². The second kappa shape index (κ2) is 8.36. The Balaban J connectivity index is 1.65. The molecule has 2 fully saturated rings. The molecule has 0 saturated carbocycles. The Bertz CT molecular complexity index is 741. The highest BCUT2D eigenvalue weighted by Crippen LogP contribution is 2.45. The molecule has 1 aromatic rings. The first-order valence-electron chi connectivity index (χ1n) is 9.79. The third-order valence-electron chi connectivity index (χ3n) is 6.20. The van der Waals surface area contributed by atoms with Crippen LogP contribution in [-0.2, 0) is 9.47 Å². The van der Waals surface area contributed by atoms with E-state index >= 15 is 0 Å². The molecule has 0 bridgehead atoms. The molecule has 28 heavy (non-hydrogen) atoms. The largest absolute Gasteiger partial charge is 0.383 e. The van der Waals surface area contributed by atoms with E-state index in [1.165, 1.54) is 0 Å². The van der Waals surface area contributed by atoms with Crippen molar-refractivity contribution in [3.05, 3.63) is 28.2 Å². The van der Waals surface area contributed by atoms with Crippen LogP contribution >= 0.6 is 23.2 Å². The maximum atomic E-state index is 6.55. The van der Waals surface area contributed by atoms with Gasteiger partial charge in [-0.15, -0.1) is 0 Å². The predicted octanol–water partition coefficient (Wildman–Crippen LogP) is 3.09. The van der Waals surface area contributed by atoms with Crippen molar-refractivity contribution < 1.29 is 9.47 Å². The van der Waals surface area contributed by atoms with Crippen LogP contribution in [0.15, 0.2) is 23.2 Å². The zero-order chi connectivity index (χ0) is 19.8. The number of nitrogens with one attached hydrogen (secondary N) is 1. The molecule has 3 aliphatic rings. The van der Waals surface area contributed by atoms with Gasteiger partial charge in [-0.3, -0.25) is 4.90 Å². The van der Waals surface area contributed by atoms with Crippen LogP contribution in [0.1, 0.15) is 13.3 Å². The fourth-order valence-corrected chi connectivity index (χ4v) is 5.60. The van der Waals surface area contributed by atoms with Gasteiger partial charge in [0.15, 0.2) is 0 Å². The highest BCUT2D eigenvalue weighted by atomic mass is 35.5. The van der Waals surface area contributed by atoms with Crippen molar-refractivity contribution in [3.8, 4) is 0 Å². The number of halogens is 2. The van der Waals surface area contributed by atoms with E-state index in [0.717, 1.165) is 31.0 Å². The van der Waals surface area contributed by atoms with Gasteiger partial charge in [-0.1, -0.05) is 23.2 Å². The smallest absolute Gasteiger partial charge is 0.129 e. The summed E-state index contributed by atoms with van der Waals surface area (Å²) in [6.07, 6.45) is 1.40. The van der Waals surface area contributed by atoms with Crippen molar-refractivity contribution in [2.75, 3.05) is 45.4 Å². The summed E-state index contributed by atoms with van der Waals surface area (Å²) in [6.45, 7) is 5.31. The number of nitrogens with zero attached hydrogens (tertiary/aromatic N) is 3. The molecule has 4 atom stereocenters. The number of ether oxygens (including phenoxy) is 2. The summed E-state index contributed by atoms with van der Waals surface area (Å²) in [5, 5.41) is 4.97. The molecule has 8 heteroatoms. The lowest BCUT2D eigenvalue weighted by molar-refractivity contribution is 0.0189. The van der Waals surface area contributed by atoms with Crippen molar-refractivity contribution in [2.45, 2.75) is 31.7 Å². The van der Waals surface area contributed by atoms with Gasteiger partial charge in [0, 0.05) is 38.2 Å². The van der Waals surface area contributed by atoms with Crippen molar-refractivity contribution in [3.63, 3.8) is 0 Å². The van der Waals surface area contributed by atoms with Gasteiger partial charge in [0.1, 0.15) is 6.17 Å². The molecule has 6 nitrogen and oxygen atoms in total. The van der Waals surface area contributed by atoms with Crippen molar-refractivity contribution >= 4 is 34.7 Å². The van der Waals surface area contributed by atoms with Gasteiger partial charge in [0.2, 0.25) is 0 Å². The molecule has 3 heterocycles. The molecular formula is C20H28Cl2N4O2. The first-order chi connectivity index (χ1) is 13.5. The number of benzene rings is 1. The molecule has 1 aromatic carbocycles. The van der Waals surface area contributed by atoms with Crippen LogP contribution in [-0.4, -0.2) is 69.6 Å². The van der Waals surface area contributed by atoms with E-state index in [9.17, 15) is 0 Å². The Hall–Kier alpha value is -1.05. The van der Waals surface area contributed by atoms with E-state index in [-0.39, 0.29) is 18.4 Å². The number of rotatable bonds is 6. The van der Waals surface area contributed by atoms with Crippen molar-refractivity contribution in [1.82, 2.24) is 10.2 Å². The average Bonchev–Trinajstić information content (AvgIpc) is 3.02. The van der Waals surface area contributed by atoms with Gasteiger partial charge >= 0.3 is 0 Å². The van der Waals surface area contributed by atoms with Crippen molar-refractivity contribution in [1.29, 1.82) is 0 Å². The predicted molar refractivity (Wildman–Crippen MR) is 113 cm³/mol. The highest BCUT2D eigenvalue weighted by molar-refractivity contribution is 6.36. The lowest BCUT2D eigenvalue weighted by Crippen LogP contribution is -2.61. The van der Waals surface area contributed by atoms with Crippen LogP contribution in [0.25, 0.3) is 0 Å². The second-order valence-corrected chi connectivity index (χ2v) is 8.74. The minimum Gasteiger partial charge on any atom is -0.383 e. The Kier molecular flexibility index (Phi) is 6.04. The summed E-state index contributed by atoms with van der Waals surface area (Å²) >= 11 is 12.7. The molecule has 2 saturated heterocycles. The quantitative estimate of drug-likeness (QED) is 0.756. The molecule has 0 aliphatic carbocycles. The van der Waals surface area contributed by atoms with E-state index < -0.39 is 0 Å². The molecule has 0 aromatic heterocycles. The lowest BCUT2D eigenvalue weighted by atomic mass is 9.83. The molecular weight excluding hydrogens is 399 g/mol. The van der Waals surface area contributed by atoms with Gasteiger partial charge in [0.05, 0.1) is 42.0 Å². The topological polar surface area (TPSA) is 49.3 Å². The number of anilines is 1. The lowest BCUT2D eigenvalue weighted by Gasteiger charge is -2.47. The van der Waals surface area contributed by atoms with Crippen LogP contribution in [0.5, 0.6) is 0 Å². The van der Waals surface area contributed by atoms with Crippen LogP contribution in [0.4, 0.5) is 5.69 Å². The molecule has 0 spiro atoms. The molecule has 1 N–H and O–H groups in total. The number of amidine groups is 1. The van der Waals surface area contributed by atoms with Gasteiger partial charge in [-0.25, -0.2) is 4.99 Å². The summed E-state index contributed by atoms with van der Waals surface area (Å²) < 4.78 is 11.0.